The Hall–Kier alpha value is -0.660. The molecule has 0 bridgehead atoms. The van der Waals surface area contributed by atoms with E-state index in [9.17, 15) is 8.42 Å². The third-order valence-corrected chi connectivity index (χ3v) is 5.57. The monoisotopic (exact) mass is 332 g/mol. The summed E-state index contributed by atoms with van der Waals surface area (Å²) in [7, 11) is -1.85. The Balaban J connectivity index is 2.19. The molecule has 1 saturated heterocycles. The molecule has 0 aromatic heterocycles. The number of nitrogens with one attached hydrogen (secondary N) is 2. The summed E-state index contributed by atoms with van der Waals surface area (Å²) >= 11 is 6.05. The van der Waals surface area contributed by atoms with Crippen LogP contribution in [-0.4, -0.2) is 34.2 Å². The van der Waals surface area contributed by atoms with E-state index in [1.54, 1.807) is 25.2 Å². The van der Waals surface area contributed by atoms with Crippen LogP contribution in [0.3, 0.4) is 0 Å². The van der Waals surface area contributed by atoms with E-state index in [0.29, 0.717) is 13.2 Å². The van der Waals surface area contributed by atoms with Crippen LogP contribution in [0.2, 0.25) is 5.02 Å². The summed E-state index contributed by atoms with van der Waals surface area (Å²) in [5.41, 5.74) is 0.868. The average molecular weight is 333 g/mol. The van der Waals surface area contributed by atoms with E-state index in [-0.39, 0.29) is 22.1 Å². The molecule has 2 atom stereocenters. The summed E-state index contributed by atoms with van der Waals surface area (Å²) in [4.78, 5) is 0.113. The van der Waals surface area contributed by atoms with Crippen molar-refractivity contribution in [3.05, 3.63) is 28.8 Å². The van der Waals surface area contributed by atoms with Gasteiger partial charge in [-0.2, -0.15) is 0 Å². The second-order valence-electron chi connectivity index (χ2n) is 5.26. The van der Waals surface area contributed by atoms with E-state index < -0.39 is 10.0 Å². The highest BCUT2D eigenvalue weighted by atomic mass is 35.5. The minimum atomic E-state index is -3.66. The maximum atomic E-state index is 12.5. The molecule has 2 unspecified atom stereocenters. The highest BCUT2D eigenvalue weighted by Gasteiger charge is 2.28. The lowest BCUT2D eigenvalue weighted by Gasteiger charge is -2.20. The van der Waals surface area contributed by atoms with Crippen molar-refractivity contribution in [2.24, 2.45) is 0 Å². The van der Waals surface area contributed by atoms with Gasteiger partial charge in [0.05, 0.1) is 11.1 Å². The van der Waals surface area contributed by atoms with Gasteiger partial charge in [0.25, 0.3) is 0 Å². The molecule has 1 fully saturated rings. The molecule has 1 aliphatic rings. The molecule has 0 saturated carbocycles. The molecule has 0 radical (unpaired) electrons. The van der Waals surface area contributed by atoms with Crippen molar-refractivity contribution in [1.82, 2.24) is 10.0 Å². The van der Waals surface area contributed by atoms with Crippen molar-refractivity contribution in [2.45, 2.75) is 43.4 Å². The Morgan fingerprint density at radius 3 is 2.86 bits per heavy atom. The standard InChI is InChI=1S/C14H21ClN2O3S/c1-10(13-4-3-7-20-13)17-21(18,19)14-8-11(9-16-2)5-6-12(14)15/h5-6,8,10,13,16-17H,3-4,7,9H2,1-2H3. The van der Waals surface area contributed by atoms with Crippen molar-refractivity contribution in [2.75, 3.05) is 13.7 Å². The second-order valence-corrected chi connectivity index (χ2v) is 7.35. The molecule has 2 N–H and O–H groups in total. The van der Waals surface area contributed by atoms with E-state index in [2.05, 4.69) is 10.0 Å². The number of benzene rings is 1. The predicted molar refractivity (Wildman–Crippen MR) is 83.0 cm³/mol. The first kappa shape index (κ1) is 16.7. The Bertz CT molecular complexity index is 586. The summed E-state index contributed by atoms with van der Waals surface area (Å²) in [6, 6.07) is 4.74. The Morgan fingerprint density at radius 1 is 1.48 bits per heavy atom. The molecule has 1 aliphatic heterocycles. The van der Waals surface area contributed by atoms with Crippen LogP contribution < -0.4 is 10.0 Å². The van der Waals surface area contributed by atoms with Gasteiger partial charge in [0.15, 0.2) is 0 Å². The molecule has 1 heterocycles. The van der Waals surface area contributed by atoms with Gasteiger partial charge in [-0.1, -0.05) is 17.7 Å². The van der Waals surface area contributed by atoms with Crippen molar-refractivity contribution in [3.8, 4) is 0 Å². The van der Waals surface area contributed by atoms with Crippen LogP contribution in [0.1, 0.15) is 25.3 Å². The Kier molecular flexibility index (Phi) is 5.62. The van der Waals surface area contributed by atoms with Gasteiger partial charge in [0.1, 0.15) is 4.90 Å². The zero-order valence-electron chi connectivity index (χ0n) is 12.2. The number of halogens is 1. The highest BCUT2D eigenvalue weighted by Crippen LogP contribution is 2.24. The predicted octanol–water partition coefficient (Wildman–Crippen LogP) is 1.91. The van der Waals surface area contributed by atoms with Gasteiger partial charge < -0.3 is 10.1 Å². The lowest BCUT2D eigenvalue weighted by molar-refractivity contribution is 0.0902. The lowest BCUT2D eigenvalue weighted by Crippen LogP contribution is -2.40. The summed E-state index contributed by atoms with van der Waals surface area (Å²) < 4.78 is 33.2. The van der Waals surface area contributed by atoms with Crippen LogP contribution in [0, 0.1) is 0 Å². The molecule has 1 aromatic rings. The van der Waals surface area contributed by atoms with Gasteiger partial charge in [-0.15, -0.1) is 0 Å². The summed E-state index contributed by atoms with van der Waals surface area (Å²) in [6.07, 6.45) is 1.77. The zero-order valence-corrected chi connectivity index (χ0v) is 13.8. The van der Waals surface area contributed by atoms with Gasteiger partial charge in [-0.25, -0.2) is 13.1 Å². The fraction of sp³-hybridized carbons (Fsp3) is 0.571. The van der Waals surface area contributed by atoms with E-state index >= 15 is 0 Å². The van der Waals surface area contributed by atoms with Crippen LogP contribution in [0.15, 0.2) is 23.1 Å². The topological polar surface area (TPSA) is 67.4 Å². The second kappa shape index (κ2) is 7.07. The first-order chi connectivity index (χ1) is 9.94. The van der Waals surface area contributed by atoms with Crippen LogP contribution >= 0.6 is 11.6 Å². The largest absolute Gasteiger partial charge is 0.377 e. The van der Waals surface area contributed by atoms with Crippen LogP contribution in [0.25, 0.3) is 0 Å². The maximum Gasteiger partial charge on any atom is 0.242 e. The number of hydrogen-bond donors (Lipinski definition) is 2. The first-order valence-corrected chi connectivity index (χ1v) is 8.87. The molecule has 7 heteroatoms. The maximum absolute atomic E-state index is 12.5. The summed E-state index contributed by atoms with van der Waals surface area (Å²) in [5, 5.41) is 3.21. The van der Waals surface area contributed by atoms with Gasteiger partial charge in [0.2, 0.25) is 10.0 Å². The van der Waals surface area contributed by atoms with E-state index in [0.717, 1.165) is 18.4 Å². The van der Waals surface area contributed by atoms with Gasteiger partial charge >= 0.3 is 0 Å². The molecule has 1 aromatic carbocycles. The zero-order chi connectivity index (χ0) is 15.5. The molecule has 0 spiro atoms. The van der Waals surface area contributed by atoms with E-state index in [1.165, 1.54) is 0 Å². The average Bonchev–Trinajstić information content (AvgIpc) is 2.94. The molecule has 0 amide bonds. The fourth-order valence-electron chi connectivity index (χ4n) is 2.45. The molecule has 118 valence electrons. The number of rotatable bonds is 6. The Morgan fingerprint density at radius 2 is 2.24 bits per heavy atom. The van der Waals surface area contributed by atoms with E-state index in [4.69, 9.17) is 16.3 Å². The van der Waals surface area contributed by atoms with Crippen LogP contribution in [0.4, 0.5) is 0 Å². The molecule has 0 aliphatic carbocycles. The van der Waals surface area contributed by atoms with Gasteiger partial charge in [0, 0.05) is 19.2 Å². The number of hydrogen-bond acceptors (Lipinski definition) is 4. The Labute approximate surface area is 131 Å². The quantitative estimate of drug-likeness (QED) is 0.835. The van der Waals surface area contributed by atoms with Crippen molar-refractivity contribution in [1.29, 1.82) is 0 Å². The molecule has 5 nitrogen and oxygen atoms in total. The normalized spacial score (nSPS) is 20.6. The molecule has 21 heavy (non-hydrogen) atoms. The van der Waals surface area contributed by atoms with Crippen LogP contribution in [-0.2, 0) is 21.3 Å². The third kappa shape index (κ3) is 4.17. The van der Waals surface area contributed by atoms with Gasteiger partial charge in [-0.3, -0.25) is 0 Å². The third-order valence-electron chi connectivity index (χ3n) is 3.53. The lowest BCUT2D eigenvalue weighted by atomic mass is 10.1. The molecular formula is C14H21ClN2O3S. The SMILES string of the molecule is CNCc1ccc(Cl)c(S(=O)(=O)NC(C)C2CCCO2)c1. The highest BCUT2D eigenvalue weighted by molar-refractivity contribution is 7.89. The fourth-order valence-corrected chi connectivity index (χ4v) is 4.27. The number of sulfonamides is 1. The summed E-state index contributed by atoms with van der Waals surface area (Å²) in [5.74, 6) is 0. The summed E-state index contributed by atoms with van der Waals surface area (Å²) in [6.45, 7) is 3.09. The van der Waals surface area contributed by atoms with Crippen molar-refractivity contribution >= 4 is 21.6 Å². The molecular weight excluding hydrogens is 312 g/mol. The number of ether oxygens (including phenoxy) is 1. The van der Waals surface area contributed by atoms with Gasteiger partial charge in [-0.05, 0) is 44.5 Å². The molecule has 2 rings (SSSR count). The minimum Gasteiger partial charge on any atom is -0.377 e. The van der Waals surface area contributed by atoms with Crippen molar-refractivity contribution < 1.29 is 13.2 Å². The van der Waals surface area contributed by atoms with Crippen molar-refractivity contribution in [3.63, 3.8) is 0 Å². The first-order valence-electron chi connectivity index (χ1n) is 7.01. The van der Waals surface area contributed by atoms with E-state index in [1.807, 2.05) is 6.92 Å². The smallest absolute Gasteiger partial charge is 0.242 e. The van der Waals surface area contributed by atoms with Crippen LogP contribution in [0.5, 0.6) is 0 Å². The minimum absolute atomic E-state index is 0.0703.